The molecule has 1 aromatic carbocycles. The van der Waals surface area contributed by atoms with Crippen LogP contribution in [0.25, 0.3) is 0 Å². The first-order valence-corrected chi connectivity index (χ1v) is 9.98. The van der Waals surface area contributed by atoms with Crippen molar-refractivity contribution >= 4 is 44.5 Å². The van der Waals surface area contributed by atoms with Crippen molar-refractivity contribution in [1.82, 2.24) is 9.69 Å². The number of rotatable bonds is 7. The third-order valence-corrected chi connectivity index (χ3v) is 4.88. The Kier molecular flexibility index (Phi) is 7.36. The van der Waals surface area contributed by atoms with Crippen molar-refractivity contribution in [3.63, 3.8) is 0 Å². The highest BCUT2D eigenvalue weighted by Crippen LogP contribution is 2.31. The van der Waals surface area contributed by atoms with Crippen LogP contribution in [0.2, 0.25) is 0 Å². The van der Waals surface area contributed by atoms with Gasteiger partial charge in [-0.3, -0.25) is 5.32 Å². The maximum atomic E-state index is 13.9. The van der Waals surface area contributed by atoms with Gasteiger partial charge in [-0.05, 0) is 35.5 Å². The standard InChI is InChI=1S/C18H21BrFN3O4S/c1-18(2,3)6-7-21-17(26)22-15-13(16(24)25)14(23-28-15)27-9-10-4-5-11(19)8-12(10)20/h4-5,8H,6-7,9H2,1-3H3,(H,24,25)(H2,21,22,26). The Morgan fingerprint density at radius 2 is 2.07 bits per heavy atom. The summed E-state index contributed by atoms with van der Waals surface area (Å²) in [4.78, 5) is 23.6. The molecule has 28 heavy (non-hydrogen) atoms. The fourth-order valence-corrected chi connectivity index (χ4v) is 3.19. The number of nitrogens with one attached hydrogen (secondary N) is 2. The fraction of sp³-hybridized carbons (Fsp3) is 0.389. The first-order chi connectivity index (χ1) is 13.1. The Morgan fingerprint density at radius 1 is 1.36 bits per heavy atom. The van der Waals surface area contributed by atoms with Gasteiger partial charge in [0, 0.05) is 16.6 Å². The minimum absolute atomic E-state index is 0.0482. The van der Waals surface area contributed by atoms with Gasteiger partial charge >= 0.3 is 12.0 Å². The lowest BCUT2D eigenvalue weighted by atomic mass is 9.92. The van der Waals surface area contributed by atoms with Gasteiger partial charge in [0.15, 0.2) is 5.56 Å². The number of urea groups is 1. The molecule has 1 aromatic heterocycles. The quantitative estimate of drug-likeness (QED) is 0.531. The maximum absolute atomic E-state index is 13.9. The van der Waals surface area contributed by atoms with Crippen LogP contribution < -0.4 is 15.4 Å². The van der Waals surface area contributed by atoms with E-state index >= 15 is 0 Å². The van der Waals surface area contributed by atoms with Gasteiger partial charge in [-0.1, -0.05) is 42.8 Å². The van der Waals surface area contributed by atoms with Crippen LogP contribution in [0.3, 0.4) is 0 Å². The number of carbonyl (C=O) groups excluding carboxylic acids is 1. The summed E-state index contributed by atoms with van der Waals surface area (Å²) in [5.41, 5.74) is 0.0447. The summed E-state index contributed by atoms with van der Waals surface area (Å²) in [6, 6.07) is 3.93. The van der Waals surface area contributed by atoms with Crippen LogP contribution in [-0.2, 0) is 6.61 Å². The van der Waals surface area contributed by atoms with E-state index < -0.39 is 17.8 Å². The van der Waals surface area contributed by atoms with Crippen molar-refractivity contribution in [2.45, 2.75) is 33.8 Å². The predicted octanol–water partition coefficient (Wildman–Crippen LogP) is 4.88. The van der Waals surface area contributed by atoms with Crippen molar-refractivity contribution in [3.8, 4) is 5.88 Å². The van der Waals surface area contributed by atoms with E-state index in [4.69, 9.17) is 4.74 Å². The van der Waals surface area contributed by atoms with E-state index in [-0.39, 0.29) is 34.0 Å². The number of amides is 2. The number of hydrogen-bond acceptors (Lipinski definition) is 5. The Bertz CT molecular complexity index is 867. The number of nitrogens with zero attached hydrogens (tertiary/aromatic N) is 1. The highest BCUT2D eigenvalue weighted by Gasteiger charge is 2.24. The largest absolute Gasteiger partial charge is 0.477 e. The summed E-state index contributed by atoms with van der Waals surface area (Å²) in [5.74, 6) is -1.96. The highest BCUT2D eigenvalue weighted by atomic mass is 79.9. The van der Waals surface area contributed by atoms with Crippen molar-refractivity contribution in [3.05, 3.63) is 39.6 Å². The third-order valence-electron chi connectivity index (χ3n) is 3.64. The molecule has 152 valence electrons. The molecule has 10 heteroatoms. The van der Waals surface area contributed by atoms with E-state index in [1.807, 2.05) is 0 Å². The van der Waals surface area contributed by atoms with Crippen molar-refractivity contribution in [1.29, 1.82) is 0 Å². The molecule has 0 radical (unpaired) electrons. The minimum atomic E-state index is -1.30. The Balaban J connectivity index is 2.04. The monoisotopic (exact) mass is 473 g/mol. The second kappa shape index (κ2) is 9.33. The summed E-state index contributed by atoms with van der Waals surface area (Å²) < 4.78 is 23.8. The predicted molar refractivity (Wildman–Crippen MR) is 109 cm³/mol. The smallest absolute Gasteiger partial charge is 0.344 e. The lowest BCUT2D eigenvalue weighted by Gasteiger charge is -2.18. The number of halogens is 2. The Labute approximate surface area is 174 Å². The van der Waals surface area contributed by atoms with Gasteiger partial charge in [-0.2, -0.15) is 4.37 Å². The van der Waals surface area contributed by atoms with Crippen molar-refractivity contribution < 1.29 is 23.8 Å². The zero-order chi connectivity index (χ0) is 20.9. The van der Waals surface area contributed by atoms with Crippen LogP contribution in [0.5, 0.6) is 5.88 Å². The highest BCUT2D eigenvalue weighted by molar-refractivity contribution is 9.10. The summed E-state index contributed by atoms with van der Waals surface area (Å²) in [5, 5.41) is 14.7. The molecule has 0 saturated heterocycles. The molecule has 0 saturated carbocycles. The van der Waals surface area contributed by atoms with Gasteiger partial charge in [0.25, 0.3) is 0 Å². The second-order valence-corrected chi connectivity index (χ2v) is 8.90. The zero-order valence-corrected chi connectivity index (χ0v) is 18.0. The molecule has 7 nitrogen and oxygen atoms in total. The average molecular weight is 474 g/mol. The number of carboxylic acid groups (broad SMARTS) is 1. The van der Waals surface area contributed by atoms with Gasteiger partial charge in [0.1, 0.15) is 17.4 Å². The van der Waals surface area contributed by atoms with Crippen LogP contribution >= 0.6 is 27.5 Å². The molecule has 0 aliphatic heterocycles. The van der Waals surface area contributed by atoms with E-state index in [2.05, 4.69) is 51.7 Å². The van der Waals surface area contributed by atoms with Crippen LogP contribution in [-0.4, -0.2) is 28.0 Å². The molecule has 2 amide bonds. The summed E-state index contributed by atoms with van der Waals surface area (Å²) >= 11 is 3.95. The topological polar surface area (TPSA) is 101 Å². The van der Waals surface area contributed by atoms with E-state index in [1.54, 1.807) is 6.07 Å². The van der Waals surface area contributed by atoms with Crippen LogP contribution in [0, 0.1) is 11.2 Å². The zero-order valence-electron chi connectivity index (χ0n) is 15.6. The first kappa shape index (κ1) is 22.1. The van der Waals surface area contributed by atoms with Crippen molar-refractivity contribution in [2.24, 2.45) is 5.41 Å². The first-order valence-electron chi connectivity index (χ1n) is 8.41. The number of ether oxygens (including phenoxy) is 1. The average Bonchev–Trinajstić information content (AvgIpc) is 2.95. The summed E-state index contributed by atoms with van der Waals surface area (Å²) in [6.07, 6.45) is 0.766. The number of aromatic carboxylic acids is 1. The maximum Gasteiger partial charge on any atom is 0.344 e. The number of aromatic nitrogens is 1. The molecule has 2 rings (SSSR count). The van der Waals surface area contributed by atoms with Gasteiger partial charge < -0.3 is 15.2 Å². The van der Waals surface area contributed by atoms with E-state index in [0.717, 1.165) is 18.0 Å². The normalized spacial score (nSPS) is 11.2. The van der Waals surface area contributed by atoms with Crippen LogP contribution in [0.15, 0.2) is 22.7 Å². The minimum Gasteiger partial charge on any atom is -0.477 e. The van der Waals surface area contributed by atoms with Gasteiger partial charge in [0.2, 0.25) is 5.88 Å². The van der Waals surface area contributed by atoms with E-state index in [0.29, 0.717) is 11.0 Å². The van der Waals surface area contributed by atoms with Gasteiger partial charge in [-0.15, -0.1) is 0 Å². The molecular weight excluding hydrogens is 453 g/mol. The van der Waals surface area contributed by atoms with E-state index in [9.17, 15) is 19.1 Å². The van der Waals surface area contributed by atoms with Gasteiger partial charge in [-0.25, -0.2) is 14.0 Å². The summed E-state index contributed by atoms with van der Waals surface area (Å²) in [7, 11) is 0. The molecule has 1 heterocycles. The molecule has 0 atom stereocenters. The van der Waals surface area contributed by atoms with Crippen LogP contribution in [0.1, 0.15) is 43.1 Å². The van der Waals surface area contributed by atoms with E-state index in [1.165, 1.54) is 12.1 Å². The van der Waals surface area contributed by atoms with Gasteiger partial charge in [0.05, 0.1) is 0 Å². The molecular formula is C18H21BrFN3O4S. The van der Waals surface area contributed by atoms with Crippen LogP contribution in [0.4, 0.5) is 14.2 Å². The molecule has 0 unspecified atom stereocenters. The second-order valence-electron chi connectivity index (χ2n) is 7.21. The SMILES string of the molecule is CC(C)(C)CCNC(=O)Nc1snc(OCc2ccc(Br)cc2F)c1C(=O)O. The number of carbonyl (C=O) groups is 2. The number of anilines is 1. The number of carboxylic acids is 1. The molecule has 0 aliphatic carbocycles. The molecule has 3 N–H and O–H groups in total. The van der Waals surface area contributed by atoms with Crippen molar-refractivity contribution in [2.75, 3.05) is 11.9 Å². The molecule has 0 fully saturated rings. The lowest BCUT2D eigenvalue weighted by molar-refractivity contribution is 0.0693. The number of hydrogen-bond donors (Lipinski definition) is 3. The number of benzene rings is 1. The summed E-state index contributed by atoms with van der Waals surface area (Å²) in [6.45, 7) is 6.41. The molecule has 0 aliphatic rings. The fourth-order valence-electron chi connectivity index (χ4n) is 2.13. The Morgan fingerprint density at radius 3 is 2.68 bits per heavy atom. The molecule has 2 aromatic rings. The molecule has 0 spiro atoms. The lowest BCUT2D eigenvalue weighted by Crippen LogP contribution is -2.31. The third kappa shape index (κ3) is 6.45. The Hall–Kier alpha value is -2.20. The molecule has 0 bridgehead atoms.